The van der Waals surface area contributed by atoms with E-state index in [1.807, 2.05) is 17.0 Å². The van der Waals surface area contributed by atoms with Crippen molar-refractivity contribution in [3.05, 3.63) is 34.9 Å². The van der Waals surface area contributed by atoms with Gasteiger partial charge in [-0.1, -0.05) is 11.6 Å². The number of benzene rings is 1. The Bertz CT molecular complexity index is 553. The quantitative estimate of drug-likeness (QED) is 0.850. The van der Waals surface area contributed by atoms with Gasteiger partial charge >= 0.3 is 0 Å². The molecule has 1 spiro atoms. The fourth-order valence-corrected chi connectivity index (χ4v) is 4.21. The summed E-state index contributed by atoms with van der Waals surface area (Å²) in [6, 6.07) is 7.69. The number of hydrogen-bond donors (Lipinski definition) is 0. The van der Waals surface area contributed by atoms with Crippen molar-refractivity contribution in [3.8, 4) is 0 Å². The second kappa shape index (κ2) is 6.80. The largest absolute Gasteiger partial charge is 0.383 e. The van der Waals surface area contributed by atoms with Crippen LogP contribution in [0.15, 0.2) is 24.3 Å². The number of halogens is 1. The van der Waals surface area contributed by atoms with E-state index in [4.69, 9.17) is 16.3 Å². The molecule has 0 aliphatic carbocycles. The molecule has 1 unspecified atom stereocenters. The number of carbonyl (C=O) groups is 1. The van der Waals surface area contributed by atoms with E-state index in [9.17, 15) is 4.79 Å². The highest BCUT2D eigenvalue weighted by Gasteiger charge is 2.46. The number of likely N-dealkylation sites (tertiary alicyclic amines) is 2. The van der Waals surface area contributed by atoms with Crippen molar-refractivity contribution in [1.29, 1.82) is 0 Å². The topological polar surface area (TPSA) is 32.8 Å². The van der Waals surface area contributed by atoms with Crippen molar-refractivity contribution >= 4 is 17.5 Å². The Labute approximate surface area is 143 Å². The Morgan fingerprint density at radius 3 is 2.52 bits per heavy atom. The summed E-state index contributed by atoms with van der Waals surface area (Å²) < 4.78 is 5.34. The summed E-state index contributed by atoms with van der Waals surface area (Å²) in [5.41, 5.74) is 0.974. The van der Waals surface area contributed by atoms with Gasteiger partial charge in [-0.15, -0.1) is 0 Å². The fourth-order valence-electron chi connectivity index (χ4n) is 4.08. The van der Waals surface area contributed by atoms with Gasteiger partial charge in [0, 0.05) is 42.4 Å². The summed E-state index contributed by atoms with van der Waals surface area (Å²) in [5.74, 6) is 0.116. The number of carbonyl (C=O) groups excluding carboxylic acids is 1. The number of rotatable bonds is 3. The molecule has 4 nitrogen and oxygen atoms in total. The molecular weight excluding hydrogens is 312 g/mol. The highest BCUT2D eigenvalue weighted by atomic mass is 35.5. The Morgan fingerprint density at radius 1 is 1.26 bits per heavy atom. The minimum absolute atomic E-state index is 0.116. The van der Waals surface area contributed by atoms with E-state index in [-0.39, 0.29) is 11.4 Å². The molecule has 0 saturated carbocycles. The molecule has 126 valence electrons. The first-order valence-corrected chi connectivity index (χ1v) is 8.70. The lowest BCUT2D eigenvalue weighted by molar-refractivity contribution is 0.0273. The molecule has 1 aromatic carbocycles. The van der Waals surface area contributed by atoms with Crippen LogP contribution in [0.1, 0.15) is 36.0 Å². The average molecular weight is 337 g/mol. The van der Waals surface area contributed by atoms with Crippen molar-refractivity contribution in [2.24, 2.45) is 0 Å². The normalized spacial score (nSPS) is 24.3. The van der Waals surface area contributed by atoms with Crippen LogP contribution in [0.5, 0.6) is 0 Å². The zero-order chi connectivity index (χ0) is 16.4. The second-order valence-corrected chi connectivity index (χ2v) is 7.22. The standard InChI is InChI=1S/C18H25ClN2O2/c1-20-16(13-23-2)7-8-18(20)9-11-21(12-10-18)17(22)14-3-5-15(19)6-4-14/h3-6,16H,7-13H2,1-2H3. The minimum atomic E-state index is 0.116. The van der Waals surface area contributed by atoms with Gasteiger partial charge in [0.1, 0.15) is 0 Å². The number of hydrogen-bond acceptors (Lipinski definition) is 3. The van der Waals surface area contributed by atoms with E-state index in [2.05, 4.69) is 11.9 Å². The predicted octanol–water partition coefficient (Wildman–Crippen LogP) is 3.06. The summed E-state index contributed by atoms with van der Waals surface area (Å²) in [6.07, 6.45) is 4.49. The third-order valence-corrected chi connectivity index (χ3v) is 5.92. The Balaban J connectivity index is 1.62. The molecule has 23 heavy (non-hydrogen) atoms. The zero-order valence-corrected chi connectivity index (χ0v) is 14.7. The fraction of sp³-hybridized carbons (Fsp3) is 0.611. The molecule has 2 fully saturated rings. The molecule has 2 aliphatic heterocycles. The molecule has 3 rings (SSSR count). The first-order chi connectivity index (χ1) is 11.1. The summed E-state index contributed by atoms with van der Waals surface area (Å²) in [7, 11) is 3.99. The molecule has 2 aliphatic rings. The van der Waals surface area contributed by atoms with Crippen LogP contribution in [-0.2, 0) is 4.74 Å². The molecule has 1 atom stereocenters. The van der Waals surface area contributed by atoms with E-state index in [0.29, 0.717) is 11.1 Å². The van der Waals surface area contributed by atoms with Crippen molar-refractivity contribution in [2.45, 2.75) is 37.3 Å². The van der Waals surface area contributed by atoms with E-state index in [1.165, 1.54) is 12.8 Å². The molecule has 0 N–H and O–H groups in total. The molecule has 0 radical (unpaired) electrons. The highest BCUT2D eigenvalue weighted by molar-refractivity contribution is 6.30. The van der Waals surface area contributed by atoms with Gasteiger partial charge < -0.3 is 9.64 Å². The number of methoxy groups -OCH3 is 1. The molecule has 5 heteroatoms. The van der Waals surface area contributed by atoms with Gasteiger partial charge in [-0.25, -0.2) is 0 Å². The Kier molecular flexibility index (Phi) is 4.95. The van der Waals surface area contributed by atoms with Crippen molar-refractivity contribution in [1.82, 2.24) is 9.80 Å². The van der Waals surface area contributed by atoms with Crippen LogP contribution in [0.25, 0.3) is 0 Å². The third kappa shape index (κ3) is 3.25. The molecule has 1 amide bonds. The average Bonchev–Trinajstić information content (AvgIpc) is 2.86. The van der Waals surface area contributed by atoms with Gasteiger partial charge in [0.05, 0.1) is 6.61 Å². The van der Waals surface area contributed by atoms with Crippen molar-refractivity contribution in [3.63, 3.8) is 0 Å². The first-order valence-electron chi connectivity index (χ1n) is 8.32. The smallest absolute Gasteiger partial charge is 0.253 e. The number of nitrogens with zero attached hydrogens (tertiary/aromatic N) is 2. The minimum Gasteiger partial charge on any atom is -0.383 e. The van der Waals surface area contributed by atoms with Gasteiger partial charge in [0.25, 0.3) is 5.91 Å². The van der Waals surface area contributed by atoms with E-state index >= 15 is 0 Å². The number of amides is 1. The van der Waals surface area contributed by atoms with Gasteiger partial charge in [-0.05, 0) is 57.0 Å². The number of likely N-dealkylation sites (N-methyl/N-ethyl adjacent to an activating group) is 1. The van der Waals surface area contributed by atoms with Gasteiger partial charge in [0.15, 0.2) is 0 Å². The molecule has 2 saturated heterocycles. The first kappa shape index (κ1) is 16.7. The highest BCUT2D eigenvalue weighted by Crippen LogP contribution is 2.40. The summed E-state index contributed by atoms with van der Waals surface area (Å²) >= 11 is 5.90. The van der Waals surface area contributed by atoms with Crippen molar-refractivity contribution in [2.75, 3.05) is 33.9 Å². The van der Waals surface area contributed by atoms with Crippen LogP contribution in [-0.4, -0.2) is 61.1 Å². The maximum atomic E-state index is 12.6. The summed E-state index contributed by atoms with van der Waals surface area (Å²) in [6.45, 7) is 2.45. The molecular formula is C18H25ClN2O2. The number of piperidine rings is 1. The van der Waals surface area contributed by atoms with Gasteiger partial charge in [-0.3, -0.25) is 9.69 Å². The lowest BCUT2D eigenvalue weighted by Crippen LogP contribution is -2.54. The maximum absolute atomic E-state index is 12.6. The maximum Gasteiger partial charge on any atom is 0.253 e. The molecule has 1 aromatic rings. The van der Waals surface area contributed by atoms with Crippen LogP contribution in [0, 0.1) is 0 Å². The van der Waals surface area contributed by atoms with Crippen LogP contribution in [0.3, 0.4) is 0 Å². The lowest BCUT2D eigenvalue weighted by Gasteiger charge is -2.45. The molecule has 2 heterocycles. The van der Waals surface area contributed by atoms with Crippen LogP contribution < -0.4 is 0 Å². The van der Waals surface area contributed by atoms with Crippen molar-refractivity contribution < 1.29 is 9.53 Å². The van der Waals surface area contributed by atoms with E-state index in [1.54, 1.807) is 19.2 Å². The van der Waals surface area contributed by atoms with Crippen LogP contribution in [0.4, 0.5) is 0 Å². The summed E-state index contributed by atoms with van der Waals surface area (Å²) in [4.78, 5) is 17.1. The predicted molar refractivity (Wildman–Crippen MR) is 92.0 cm³/mol. The van der Waals surface area contributed by atoms with Gasteiger partial charge in [0.2, 0.25) is 0 Å². The molecule has 0 bridgehead atoms. The Hall–Kier alpha value is -1.10. The zero-order valence-electron chi connectivity index (χ0n) is 13.9. The lowest BCUT2D eigenvalue weighted by atomic mass is 9.85. The van der Waals surface area contributed by atoms with E-state index in [0.717, 1.165) is 38.1 Å². The van der Waals surface area contributed by atoms with E-state index < -0.39 is 0 Å². The SMILES string of the molecule is COCC1CCC2(CCN(C(=O)c3ccc(Cl)cc3)CC2)N1C. The third-order valence-electron chi connectivity index (χ3n) is 5.67. The number of ether oxygens (including phenoxy) is 1. The monoisotopic (exact) mass is 336 g/mol. The molecule has 0 aromatic heterocycles. The van der Waals surface area contributed by atoms with Crippen LogP contribution in [0.2, 0.25) is 5.02 Å². The second-order valence-electron chi connectivity index (χ2n) is 6.78. The Morgan fingerprint density at radius 2 is 1.91 bits per heavy atom. The summed E-state index contributed by atoms with van der Waals surface area (Å²) in [5, 5.41) is 0.663. The van der Waals surface area contributed by atoms with Crippen LogP contribution >= 0.6 is 11.6 Å². The van der Waals surface area contributed by atoms with Gasteiger partial charge in [-0.2, -0.15) is 0 Å².